The fourth-order valence-electron chi connectivity index (χ4n) is 1.45. The number of thiocarbonyl (C=S) groups is 1. The molecule has 2 rings (SSSR count). The van der Waals surface area contributed by atoms with Crippen molar-refractivity contribution in [1.29, 1.82) is 0 Å². The third kappa shape index (κ3) is 3.53. The molecule has 0 aliphatic heterocycles. The van der Waals surface area contributed by atoms with Gasteiger partial charge in [0.25, 0.3) is 0 Å². The predicted octanol–water partition coefficient (Wildman–Crippen LogP) is 2.05. The molecule has 18 heavy (non-hydrogen) atoms. The van der Waals surface area contributed by atoms with Gasteiger partial charge in [-0.1, -0.05) is 0 Å². The normalized spacial score (nSPS) is 10.1. The molecule has 0 unspecified atom stereocenters. The predicted molar refractivity (Wildman–Crippen MR) is 72.7 cm³/mol. The molecule has 1 aromatic carbocycles. The third-order valence-electron chi connectivity index (χ3n) is 2.31. The Balaban J connectivity index is 1.83. The highest BCUT2D eigenvalue weighted by molar-refractivity contribution is 7.80. The van der Waals surface area contributed by atoms with Crippen LogP contribution >= 0.6 is 12.2 Å². The van der Waals surface area contributed by atoms with Crippen molar-refractivity contribution in [2.24, 2.45) is 7.05 Å². The van der Waals surface area contributed by atoms with Crippen molar-refractivity contribution >= 4 is 23.0 Å². The maximum atomic E-state index is 12.7. The molecule has 2 N–H and O–H groups in total. The van der Waals surface area contributed by atoms with Crippen molar-refractivity contribution in [1.82, 2.24) is 15.1 Å². The van der Waals surface area contributed by atoms with Gasteiger partial charge < -0.3 is 10.6 Å². The molecule has 94 valence electrons. The average molecular weight is 264 g/mol. The summed E-state index contributed by atoms with van der Waals surface area (Å²) in [6, 6.07) is 6.03. The molecule has 6 heteroatoms. The second-order valence-electron chi connectivity index (χ2n) is 3.84. The number of aromatic nitrogens is 2. The van der Waals surface area contributed by atoms with Gasteiger partial charge in [0, 0.05) is 31.0 Å². The van der Waals surface area contributed by atoms with Crippen LogP contribution in [0.1, 0.15) is 5.56 Å². The number of hydrogen-bond donors (Lipinski definition) is 2. The molecular formula is C12H13FN4S. The lowest BCUT2D eigenvalue weighted by molar-refractivity contribution is 0.628. The van der Waals surface area contributed by atoms with Crippen LogP contribution in [-0.2, 0) is 13.6 Å². The molecule has 1 aromatic heterocycles. The molecule has 0 bridgehead atoms. The first-order chi connectivity index (χ1) is 8.63. The third-order valence-corrected chi connectivity index (χ3v) is 2.56. The molecule has 2 aromatic rings. The van der Waals surface area contributed by atoms with Crippen molar-refractivity contribution < 1.29 is 4.39 Å². The smallest absolute Gasteiger partial charge is 0.171 e. The van der Waals surface area contributed by atoms with Gasteiger partial charge in [-0.2, -0.15) is 5.10 Å². The van der Waals surface area contributed by atoms with E-state index in [1.165, 1.54) is 12.1 Å². The van der Waals surface area contributed by atoms with Gasteiger partial charge in [-0.15, -0.1) is 0 Å². The van der Waals surface area contributed by atoms with Crippen LogP contribution in [0.15, 0.2) is 36.7 Å². The van der Waals surface area contributed by atoms with Crippen LogP contribution in [0.2, 0.25) is 0 Å². The van der Waals surface area contributed by atoms with Gasteiger partial charge in [0.15, 0.2) is 5.11 Å². The molecule has 0 spiro atoms. The van der Waals surface area contributed by atoms with Crippen molar-refractivity contribution in [2.45, 2.75) is 6.54 Å². The summed E-state index contributed by atoms with van der Waals surface area (Å²) < 4.78 is 14.4. The summed E-state index contributed by atoms with van der Waals surface area (Å²) in [5.74, 6) is -0.269. The summed E-state index contributed by atoms with van der Waals surface area (Å²) in [5.41, 5.74) is 1.79. The zero-order chi connectivity index (χ0) is 13.0. The van der Waals surface area contributed by atoms with Gasteiger partial charge in [0.1, 0.15) is 5.82 Å². The van der Waals surface area contributed by atoms with Crippen LogP contribution in [0.3, 0.4) is 0 Å². The molecular weight excluding hydrogens is 251 g/mol. The van der Waals surface area contributed by atoms with E-state index in [9.17, 15) is 4.39 Å². The first-order valence-electron chi connectivity index (χ1n) is 5.41. The first-order valence-corrected chi connectivity index (χ1v) is 5.82. The summed E-state index contributed by atoms with van der Waals surface area (Å²) in [5, 5.41) is 10.6. The Morgan fingerprint density at radius 3 is 2.72 bits per heavy atom. The Kier molecular flexibility index (Phi) is 3.88. The summed E-state index contributed by atoms with van der Waals surface area (Å²) in [7, 11) is 1.86. The standard InChI is InChI=1S/C12H13FN4S/c1-17-8-9(7-15-17)6-14-12(18)16-11-4-2-10(13)3-5-11/h2-5,7-8H,6H2,1H3,(H2,14,16,18). The molecule has 0 amide bonds. The lowest BCUT2D eigenvalue weighted by Gasteiger charge is -2.09. The Hall–Kier alpha value is -1.95. The Bertz CT molecular complexity index is 535. The van der Waals surface area contributed by atoms with Crippen molar-refractivity contribution in [3.63, 3.8) is 0 Å². The monoisotopic (exact) mass is 264 g/mol. The fraction of sp³-hybridized carbons (Fsp3) is 0.167. The van der Waals surface area contributed by atoms with Gasteiger partial charge in [-0.3, -0.25) is 4.68 Å². The largest absolute Gasteiger partial charge is 0.358 e. The molecule has 0 aliphatic rings. The minimum absolute atomic E-state index is 0.269. The number of halogens is 1. The highest BCUT2D eigenvalue weighted by Crippen LogP contribution is 2.07. The molecule has 0 fully saturated rings. The van der Waals surface area contributed by atoms with Crippen LogP contribution in [0.4, 0.5) is 10.1 Å². The summed E-state index contributed by atoms with van der Waals surface area (Å²) in [4.78, 5) is 0. The van der Waals surface area contributed by atoms with Crippen LogP contribution in [0.5, 0.6) is 0 Å². The number of aryl methyl sites for hydroxylation is 1. The van der Waals surface area contributed by atoms with E-state index in [0.29, 0.717) is 11.7 Å². The number of nitrogens with one attached hydrogen (secondary N) is 2. The maximum Gasteiger partial charge on any atom is 0.171 e. The first kappa shape index (κ1) is 12.5. The van der Waals surface area contributed by atoms with E-state index in [1.54, 1.807) is 23.0 Å². The second-order valence-corrected chi connectivity index (χ2v) is 4.25. The highest BCUT2D eigenvalue weighted by Gasteiger charge is 2.00. The van der Waals surface area contributed by atoms with Crippen LogP contribution < -0.4 is 10.6 Å². The maximum absolute atomic E-state index is 12.7. The van der Waals surface area contributed by atoms with Gasteiger partial charge in [-0.05, 0) is 36.5 Å². The molecule has 0 saturated carbocycles. The molecule has 0 aliphatic carbocycles. The number of benzene rings is 1. The van der Waals surface area contributed by atoms with Crippen LogP contribution in [-0.4, -0.2) is 14.9 Å². The SMILES string of the molecule is Cn1cc(CNC(=S)Nc2ccc(F)cc2)cn1. The van der Waals surface area contributed by atoms with Gasteiger partial charge in [-0.25, -0.2) is 4.39 Å². The minimum Gasteiger partial charge on any atom is -0.358 e. The van der Waals surface area contributed by atoms with Crippen molar-refractivity contribution in [2.75, 3.05) is 5.32 Å². The van der Waals surface area contributed by atoms with E-state index < -0.39 is 0 Å². The van der Waals surface area contributed by atoms with E-state index in [1.807, 2.05) is 13.2 Å². The van der Waals surface area contributed by atoms with Gasteiger partial charge in [0.05, 0.1) is 6.20 Å². The molecule has 4 nitrogen and oxygen atoms in total. The summed E-state index contributed by atoms with van der Waals surface area (Å²) >= 11 is 5.13. The highest BCUT2D eigenvalue weighted by atomic mass is 32.1. The summed E-state index contributed by atoms with van der Waals surface area (Å²) in [6.07, 6.45) is 3.68. The molecule has 1 heterocycles. The lowest BCUT2D eigenvalue weighted by atomic mass is 10.3. The Labute approximate surface area is 110 Å². The fourth-order valence-corrected chi connectivity index (χ4v) is 1.64. The van der Waals surface area contributed by atoms with E-state index in [-0.39, 0.29) is 5.82 Å². The second kappa shape index (κ2) is 5.59. The number of nitrogens with zero attached hydrogens (tertiary/aromatic N) is 2. The van der Waals surface area contributed by atoms with E-state index in [0.717, 1.165) is 11.3 Å². The van der Waals surface area contributed by atoms with Gasteiger partial charge in [0.2, 0.25) is 0 Å². The Morgan fingerprint density at radius 2 is 2.11 bits per heavy atom. The van der Waals surface area contributed by atoms with Gasteiger partial charge >= 0.3 is 0 Å². The quantitative estimate of drug-likeness (QED) is 0.833. The number of hydrogen-bond acceptors (Lipinski definition) is 2. The number of anilines is 1. The molecule has 0 atom stereocenters. The average Bonchev–Trinajstić information content (AvgIpc) is 2.76. The van der Waals surface area contributed by atoms with Crippen LogP contribution in [0.25, 0.3) is 0 Å². The number of rotatable bonds is 3. The van der Waals surface area contributed by atoms with Crippen molar-refractivity contribution in [3.05, 3.63) is 48.0 Å². The van der Waals surface area contributed by atoms with Crippen LogP contribution in [0, 0.1) is 5.82 Å². The van der Waals surface area contributed by atoms with E-state index in [4.69, 9.17) is 12.2 Å². The minimum atomic E-state index is -0.269. The zero-order valence-electron chi connectivity index (χ0n) is 9.85. The lowest BCUT2D eigenvalue weighted by Crippen LogP contribution is -2.27. The van der Waals surface area contributed by atoms with E-state index >= 15 is 0 Å². The summed E-state index contributed by atoms with van der Waals surface area (Å²) in [6.45, 7) is 0.598. The Morgan fingerprint density at radius 1 is 1.39 bits per heavy atom. The molecule has 0 radical (unpaired) electrons. The zero-order valence-corrected chi connectivity index (χ0v) is 10.7. The van der Waals surface area contributed by atoms with E-state index in [2.05, 4.69) is 15.7 Å². The van der Waals surface area contributed by atoms with Crippen molar-refractivity contribution in [3.8, 4) is 0 Å². The topological polar surface area (TPSA) is 41.9 Å². The molecule has 0 saturated heterocycles.